The molecule has 0 saturated heterocycles. The van der Waals surface area contributed by atoms with Gasteiger partial charge < -0.3 is 14.2 Å². The molecule has 1 saturated carbocycles. The second-order valence-electron chi connectivity index (χ2n) is 5.14. The van der Waals surface area contributed by atoms with Gasteiger partial charge >= 0.3 is 5.97 Å². The second-order valence-corrected chi connectivity index (χ2v) is 5.14. The van der Waals surface area contributed by atoms with Crippen LogP contribution in [0, 0.1) is 5.92 Å². The van der Waals surface area contributed by atoms with Gasteiger partial charge in [0, 0.05) is 21.1 Å². The lowest BCUT2D eigenvalue weighted by molar-refractivity contribution is -0.143. The van der Waals surface area contributed by atoms with Crippen molar-refractivity contribution in [1.82, 2.24) is 0 Å². The maximum Gasteiger partial charge on any atom is 0.302 e. The number of esters is 1. The molecule has 0 aliphatic heterocycles. The average molecular weight is 258 g/mol. The molecule has 0 heterocycles. The molecule has 0 aromatic heterocycles. The lowest BCUT2D eigenvalue weighted by Gasteiger charge is -2.23. The minimum absolute atomic E-state index is 0.210. The van der Waals surface area contributed by atoms with E-state index in [9.17, 15) is 4.79 Å². The first-order valence-electron chi connectivity index (χ1n) is 6.84. The quantitative estimate of drug-likeness (QED) is 0.727. The average Bonchev–Trinajstić information content (AvgIpc) is 2.45. The van der Waals surface area contributed by atoms with E-state index in [1.165, 1.54) is 19.8 Å². The van der Waals surface area contributed by atoms with E-state index in [0.717, 1.165) is 25.7 Å². The summed E-state index contributed by atoms with van der Waals surface area (Å²) in [6.45, 7) is 1.94. The van der Waals surface area contributed by atoms with E-state index in [1.54, 1.807) is 14.2 Å². The van der Waals surface area contributed by atoms with E-state index in [-0.39, 0.29) is 18.2 Å². The lowest BCUT2D eigenvalue weighted by Crippen LogP contribution is -2.24. The van der Waals surface area contributed by atoms with Crippen LogP contribution in [0.1, 0.15) is 45.4 Å². The normalized spacial score (nSPS) is 30.1. The van der Waals surface area contributed by atoms with Crippen LogP contribution in [-0.4, -0.2) is 39.0 Å². The summed E-state index contributed by atoms with van der Waals surface area (Å²) in [6.07, 6.45) is 6.99. The monoisotopic (exact) mass is 258 g/mol. The van der Waals surface area contributed by atoms with E-state index >= 15 is 0 Å². The minimum Gasteiger partial charge on any atom is -0.466 e. The van der Waals surface area contributed by atoms with Gasteiger partial charge in [-0.15, -0.1) is 0 Å². The fourth-order valence-electron chi connectivity index (χ4n) is 2.62. The van der Waals surface area contributed by atoms with Crippen LogP contribution in [0.15, 0.2) is 0 Å². The van der Waals surface area contributed by atoms with Gasteiger partial charge in [-0.25, -0.2) is 0 Å². The summed E-state index contributed by atoms with van der Waals surface area (Å²) < 4.78 is 16.2. The second kappa shape index (κ2) is 8.48. The Morgan fingerprint density at radius 3 is 1.94 bits per heavy atom. The number of hydrogen-bond acceptors (Lipinski definition) is 4. The van der Waals surface area contributed by atoms with Crippen LogP contribution in [0.2, 0.25) is 0 Å². The van der Waals surface area contributed by atoms with E-state index in [4.69, 9.17) is 14.2 Å². The van der Waals surface area contributed by atoms with Crippen LogP contribution in [0.25, 0.3) is 0 Å². The summed E-state index contributed by atoms with van der Waals surface area (Å²) in [5.74, 6) is 0.125. The Morgan fingerprint density at radius 2 is 1.56 bits per heavy atom. The molecule has 1 rings (SSSR count). The van der Waals surface area contributed by atoms with Gasteiger partial charge in [0.05, 0.1) is 18.8 Å². The Hall–Kier alpha value is -0.610. The first-order valence-corrected chi connectivity index (χ1v) is 6.84. The smallest absolute Gasteiger partial charge is 0.302 e. The van der Waals surface area contributed by atoms with Crippen LogP contribution >= 0.6 is 0 Å². The van der Waals surface area contributed by atoms with Crippen LogP contribution in [0.3, 0.4) is 0 Å². The molecule has 2 unspecified atom stereocenters. The number of carbonyl (C=O) groups is 1. The highest BCUT2D eigenvalue weighted by Gasteiger charge is 2.23. The Morgan fingerprint density at radius 1 is 1.06 bits per heavy atom. The molecule has 0 N–H and O–H groups in total. The Labute approximate surface area is 110 Å². The van der Waals surface area contributed by atoms with Crippen molar-refractivity contribution < 1.29 is 19.0 Å². The zero-order valence-corrected chi connectivity index (χ0v) is 11.8. The highest BCUT2D eigenvalue weighted by molar-refractivity contribution is 5.65. The van der Waals surface area contributed by atoms with Gasteiger partial charge in [0.1, 0.15) is 0 Å². The molecule has 1 fully saturated rings. The van der Waals surface area contributed by atoms with Crippen molar-refractivity contribution in [3.63, 3.8) is 0 Å². The highest BCUT2D eigenvalue weighted by Crippen LogP contribution is 2.25. The predicted octanol–water partition coefficient (Wildman–Crippen LogP) is 2.55. The zero-order chi connectivity index (χ0) is 13.4. The first kappa shape index (κ1) is 15.4. The molecule has 2 atom stereocenters. The Bertz CT molecular complexity index is 226. The molecule has 0 aromatic rings. The summed E-state index contributed by atoms with van der Waals surface area (Å²) in [5, 5.41) is 0. The standard InChI is InChI=1S/C14H26O4/c1-11(15)18-10-12-8-13(16-2)6-4-5-7-14(9-12)17-3/h12-14H,4-10H2,1-3H3. The summed E-state index contributed by atoms with van der Waals surface area (Å²) in [7, 11) is 3.53. The molecule has 0 amide bonds. The van der Waals surface area contributed by atoms with Crippen LogP contribution in [-0.2, 0) is 19.0 Å². The number of hydrogen-bond donors (Lipinski definition) is 0. The molecule has 0 bridgehead atoms. The van der Waals surface area contributed by atoms with Gasteiger partial charge in [-0.3, -0.25) is 4.79 Å². The third-order valence-electron chi connectivity index (χ3n) is 3.68. The number of carbonyl (C=O) groups excluding carboxylic acids is 1. The van der Waals surface area contributed by atoms with Crippen molar-refractivity contribution in [2.45, 2.75) is 57.7 Å². The lowest BCUT2D eigenvalue weighted by atomic mass is 9.95. The molecule has 1 aliphatic carbocycles. The maximum atomic E-state index is 10.9. The number of ether oxygens (including phenoxy) is 3. The predicted molar refractivity (Wildman–Crippen MR) is 69.4 cm³/mol. The minimum atomic E-state index is -0.210. The largest absolute Gasteiger partial charge is 0.466 e. The fraction of sp³-hybridized carbons (Fsp3) is 0.929. The van der Waals surface area contributed by atoms with Gasteiger partial charge in [0.2, 0.25) is 0 Å². The van der Waals surface area contributed by atoms with Crippen molar-refractivity contribution in [2.24, 2.45) is 5.92 Å². The maximum absolute atomic E-state index is 10.9. The highest BCUT2D eigenvalue weighted by atomic mass is 16.5. The van der Waals surface area contributed by atoms with Crippen LogP contribution < -0.4 is 0 Å². The van der Waals surface area contributed by atoms with E-state index < -0.39 is 0 Å². The molecule has 0 aromatic carbocycles. The van der Waals surface area contributed by atoms with Crippen molar-refractivity contribution in [3.05, 3.63) is 0 Å². The van der Waals surface area contributed by atoms with Crippen molar-refractivity contribution >= 4 is 5.97 Å². The van der Waals surface area contributed by atoms with Gasteiger partial charge in [-0.05, 0) is 31.6 Å². The summed E-state index contributed by atoms with van der Waals surface area (Å²) >= 11 is 0. The molecule has 106 valence electrons. The molecule has 0 spiro atoms. The van der Waals surface area contributed by atoms with Gasteiger partial charge in [-0.1, -0.05) is 12.8 Å². The third-order valence-corrected chi connectivity index (χ3v) is 3.68. The van der Waals surface area contributed by atoms with Crippen molar-refractivity contribution in [2.75, 3.05) is 20.8 Å². The molecule has 18 heavy (non-hydrogen) atoms. The van der Waals surface area contributed by atoms with Gasteiger partial charge in [-0.2, -0.15) is 0 Å². The molecule has 4 heteroatoms. The molecular formula is C14H26O4. The first-order chi connectivity index (χ1) is 8.65. The number of rotatable bonds is 4. The topological polar surface area (TPSA) is 44.8 Å². The van der Waals surface area contributed by atoms with E-state index in [1.807, 2.05) is 0 Å². The summed E-state index contributed by atoms with van der Waals surface area (Å²) in [6, 6.07) is 0. The zero-order valence-electron chi connectivity index (χ0n) is 11.8. The van der Waals surface area contributed by atoms with Crippen LogP contribution in [0.4, 0.5) is 0 Å². The molecule has 4 nitrogen and oxygen atoms in total. The van der Waals surface area contributed by atoms with Crippen molar-refractivity contribution in [1.29, 1.82) is 0 Å². The Kier molecular flexibility index (Phi) is 7.28. The van der Waals surface area contributed by atoms with E-state index in [0.29, 0.717) is 12.5 Å². The molecule has 0 radical (unpaired) electrons. The summed E-state index contributed by atoms with van der Waals surface area (Å²) in [5.41, 5.74) is 0. The Balaban J connectivity index is 2.56. The molecular weight excluding hydrogens is 232 g/mol. The van der Waals surface area contributed by atoms with Crippen molar-refractivity contribution in [3.8, 4) is 0 Å². The SMILES string of the molecule is COC1CCCCC(OC)CC(COC(C)=O)C1. The third kappa shape index (κ3) is 5.83. The number of methoxy groups -OCH3 is 2. The van der Waals surface area contributed by atoms with Gasteiger partial charge in [0.25, 0.3) is 0 Å². The van der Waals surface area contributed by atoms with Gasteiger partial charge in [0.15, 0.2) is 0 Å². The molecule has 1 aliphatic rings. The van der Waals surface area contributed by atoms with Crippen LogP contribution in [0.5, 0.6) is 0 Å². The fourth-order valence-corrected chi connectivity index (χ4v) is 2.62. The summed E-state index contributed by atoms with van der Waals surface area (Å²) in [4.78, 5) is 10.9. The van der Waals surface area contributed by atoms with E-state index in [2.05, 4.69) is 0 Å².